The lowest BCUT2D eigenvalue weighted by molar-refractivity contribution is -0.111. The largest absolute Gasteiger partial charge is 0.394 e. The van der Waals surface area contributed by atoms with Crippen LogP contribution in [0.4, 0.5) is 0 Å². The van der Waals surface area contributed by atoms with E-state index in [9.17, 15) is 4.79 Å². The summed E-state index contributed by atoms with van der Waals surface area (Å²) in [7, 11) is 0. The molecule has 1 atom stereocenters. The van der Waals surface area contributed by atoms with Gasteiger partial charge in [0.15, 0.2) is 0 Å². The van der Waals surface area contributed by atoms with Crippen LogP contribution in [0.2, 0.25) is 0 Å². The maximum absolute atomic E-state index is 10.2. The Hall–Kier alpha value is -1.16. The Morgan fingerprint density at radius 2 is 2.60 bits per heavy atom. The first-order valence-corrected chi connectivity index (χ1v) is 2.92. The molecule has 0 bridgehead atoms. The van der Waals surface area contributed by atoms with E-state index in [1.165, 1.54) is 6.33 Å². The lowest BCUT2D eigenvalue weighted by Gasteiger charge is -2.05. The molecule has 0 aromatic carbocycles. The number of imidazole rings is 1. The van der Waals surface area contributed by atoms with Gasteiger partial charge in [0.1, 0.15) is 12.3 Å². The van der Waals surface area contributed by atoms with Crippen molar-refractivity contribution in [2.24, 2.45) is 0 Å². The van der Waals surface area contributed by atoms with Gasteiger partial charge < -0.3 is 14.5 Å². The smallest absolute Gasteiger partial charge is 0.145 e. The van der Waals surface area contributed by atoms with E-state index < -0.39 is 6.04 Å². The van der Waals surface area contributed by atoms with Crippen molar-refractivity contribution < 1.29 is 9.90 Å². The van der Waals surface area contributed by atoms with E-state index in [0.29, 0.717) is 6.29 Å². The Kier molecular flexibility index (Phi) is 2.17. The van der Waals surface area contributed by atoms with Crippen LogP contribution in [0.5, 0.6) is 0 Å². The van der Waals surface area contributed by atoms with Crippen LogP contribution in [0.25, 0.3) is 0 Å². The first kappa shape index (κ1) is 6.95. The molecule has 0 aliphatic rings. The van der Waals surface area contributed by atoms with Gasteiger partial charge in [-0.3, -0.25) is 0 Å². The van der Waals surface area contributed by atoms with Gasteiger partial charge in [0.25, 0.3) is 0 Å². The Bertz CT molecular complexity index is 196. The Morgan fingerprint density at radius 3 is 3.00 bits per heavy atom. The minimum Gasteiger partial charge on any atom is -0.394 e. The van der Waals surface area contributed by atoms with Crippen LogP contribution in [-0.2, 0) is 4.79 Å². The number of aliphatic hydroxyl groups excluding tert-OH is 1. The molecule has 0 aliphatic carbocycles. The van der Waals surface area contributed by atoms with Crippen molar-refractivity contribution in [2.45, 2.75) is 6.04 Å². The van der Waals surface area contributed by atoms with Crippen LogP contribution < -0.4 is 0 Å². The van der Waals surface area contributed by atoms with E-state index in [4.69, 9.17) is 5.11 Å². The summed E-state index contributed by atoms with van der Waals surface area (Å²) in [6, 6.07) is -0.484. The molecule has 1 N–H and O–H groups in total. The van der Waals surface area contributed by atoms with Gasteiger partial charge in [0.2, 0.25) is 0 Å². The monoisotopic (exact) mass is 140 g/mol. The molecule has 54 valence electrons. The van der Waals surface area contributed by atoms with Gasteiger partial charge >= 0.3 is 0 Å². The van der Waals surface area contributed by atoms with Gasteiger partial charge in [-0.25, -0.2) is 4.98 Å². The average Bonchev–Trinajstić information content (AvgIpc) is 2.43. The summed E-state index contributed by atoms with van der Waals surface area (Å²) < 4.78 is 1.55. The minimum absolute atomic E-state index is 0.181. The van der Waals surface area contributed by atoms with Crippen molar-refractivity contribution in [1.29, 1.82) is 0 Å². The van der Waals surface area contributed by atoms with Crippen molar-refractivity contribution in [3.05, 3.63) is 18.7 Å². The molecule has 1 rings (SSSR count). The second-order valence-electron chi connectivity index (χ2n) is 1.90. The highest BCUT2D eigenvalue weighted by atomic mass is 16.3. The fourth-order valence-corrected chi connectivity index (χ4v) is 0.673. The molecule has 0 amide bonds. The zero-order chi connectivity index (χ0) is 7.40. The maximum atomic E-state index is 10.2. The zero-order valence-electron chi connectivity index (χ0n) is 5.34. The lowest BCUT2D eigenvalue weighted by atomic mass is 10.3. The van der Waals surface area contributed by atoms with Crippen molar-refractivity contribution >= 4 is 6.29 Å². The summed E-state index contributed by atoms with van der Waals surface area (Å²) >= 11 is 0. The van der Waals surface area contributed by atoms with Crippen molar-refractivity contribution in [3.63, 3.8) is 0 Å². The first-order valence-electron chi connectivity index (χ1n) is 2.92. The van der Waals surface area contributed by atoms with Gasteiger partial charge in [0, 0.05) is 12.4 Å². The summed E-state index contributed by atoms with van der Waals surface area (Å²) in [5.74, 6) is 0. The van der Waals surface area contributed by atoms with Crippen molar-refractivity contribution in [2.75, 3.05) is 6.61 Å². The minimum atomic E-state index is -0.484. The number of rotatable bonds is 3. The highest BCUT2D eigenvalue weighted by molar-refractivity contribution is 5.55. The zero-order valence-corrected chi connectivity index (χ0v) is 5.34. The van der Waals surface area contributed by atoms with Gasteiger partial charge in [-0.1, -0.05) is 0 Å². The predicted molar refractivity (Wildman–Crippen MR) is 34.4 cm³/mol. The van der Waals surface area contributed by atoms with Crippen LogP contribution in [0, 0.1) is 0 Å². The van der Waals surface area contributed by atoms with E-state index in [0.717, 1.165) is 0 Å². The second kappa shape index (κ2) is 3.12. The third-order valence-electron chi connectivity index (χ3n) is 1.25. The number of aldehydes is 1. The number of aliphatic hydroxyl groups is 1. The molecule has 0 spiro atoms. The molecule has 0 aliphatic heterocycles. The molecule has 0 radical (unpaired) electrons. The number of carbonyl (C=O) groups is 1. The molecule has 0 saturated heterocycles. The van der Waals surface area contributed by atoms with E-state index in [2.05, 4.69) is 4.98 Å². The average molecular weight is 140 g/mol. The second-order valence-corrected chi connectivity index (χ2v) is 1.90. The number of carbonyl (C=O) groups excluding carboxylic acids is 1. The fourth-order valence-electron chi connectivity index (χ4n) is 0.673. The van der Waals surface area contributed by atoms with Gasteiger partial charge in [0.05, 0.1) is 12.9 Å². The molecule has 1 aromatic heterocycles. The Morgan fingerprint density at radius 1 is 1.80 bits per heavy atom. The topological polar surface area (TPSA) is 55.1 Å². The first-order chi connectivity index (χ1) is 4.88. The Balaban J connectivity index is 2.73. The van der Waals surface area contributed by atoms with Crippen molar-refractivity contribution in [3.8, 4) is 0 Å². The molecule has 0 saturated carbocycles. The predicted octanol–water partition coefficient (Wildman–Crippen LogP) is -0.385. The molecule has 10 heavy (non-hydrogen) atoms. The summed E-state index contributed by atoms with van der Waals surface area (Å²) in [5, 5.41) is 8.62. The normalized spacial score (nSPS) is 12.9. The molecule has 4 heteroatoms. The molecule has 0 fully saturated rings. The lowest BCUT2D eigenvalue weighted by Crippen LogP contribution is -2.12. The molecular formula is C6H8N2O2. The molecule has 1 heterocycles. The van der Waals surface area contributed by atoms with E-state index in [-0.39, 0.29) is 6.61 Å². The number of hydrogen-bond donors (Lipinski definition) is 1. The highest BCUT2D eigenvalue weighted by Gasteiger charge is 2.04. The third-order valence-corrected chi connectivity index (χ3v) is 1.25. The Labute approximate surface area is 58.1 Å². The highest BCUT2D eigenvalue weighted by Crippen LogP contribution is 1.99. The van der Waals surface area contributed by atoms with Gasteiger partial charge in [-0.05, 0) is 0 Å². The number of hydrogen-bond acceptors (Lipinski definition) is 3. The summed E-state index contributed by atoms with van der Waals surface area (Å²) in [6.45, 7) is -0.181. The van der Waals surface area contributed by atoms with Crippen LogP contribution in [0.15, 0.2) is 18.7 Å². The third kappa shape index (κ3) is 1.22. The van der Waals surface area contributed by atoms with Crippen LogP contribution in [0.3, 0.4) is 0 Å². The van der Waals surface area contributed by atoms with Gasteiger partial charge in [-0.15, -0.1) is 0 Å². The number of aromatic nitrogens is 2. The quantitative estimate of drug-likeness (QED) is 0.582. The molecule has 1 unspecified atom stereocenters. The van der Waals surface area contributed by atoms with Crippen LogP contribution in [0.1, 0.15) is 6.04 Å². The molecule has 4 nitrogen and oxygen atoms in total. The number of nitrogens with zero attached hydrogens (tertiary/aromatic N) is 2. The SMILES string of the molecule is O=CC(CO)n1ccnc1. The fraction of sp³-hybridized carbons (Fsp3) is 0.333. The van der Waals surface area contributed by atoms with Gasteiger partial charge in [-0.2, -0.15) is 0 Å². The standard InChI is InChI=1S/C6H8N2O2/c9-3-6(4-10)8-2-1-7-5-8/h1-3,5-6,10H,4H2. The summed E-state index contributed by atoms with van der Waals surface area (Å²) in [5.41, 5.74) is 0. The summed E-state index contributed by atoms with van der Waals surface area (Å²) in [4.78, 5) is 14.0. The van der Waals surface area contributed by atoms with Crippen molar-refractivity contribution in [1.82, 2.24) is 9.55 Å². The van der Waals surface area contributed by atoms with E-state index >= 15 is 0 Å². The van der Waals surface area contributed by atoms with Crippen LogP contribution in [-0.4, -0.2) is 27.6 Å². The summed E-state index contributed by atoms with van der Waals surface area (Å²) in [6.07, 6.45) is 5.37. The van der Waals surface area contributed by atoms with E-state index in [1.807, 2.05) is 0 Å². The maximum Gasteiger partial charge on any atom is 0.145 e. The molecule has 1 aromatic rings. The van der Waals surface area contributed by atoms with E-state index in [1.54, 1.807) is 17.0 Å². The van der Waals surface area contributed by atoms with Crippen LogP contribution >= 0.6 is 0 Å². The molecular weight excluding hydrogens is 132 g/mol.